The number of hydrogen-bond acceptors (Lipinski definition) is 0. The van der Waals surface area contributed by atoms with Crippen LogP contribution in [0.1, 0.15) is 27.2 Å². The molecule has 0 unspecified atom stereocenters. The summed E-state index contributed by atoms with van der Waals surface area (Å²) in [4.78, 5) is 0. The van der Waals surface area contributed by atoms with E-state index in [1.54, 1.807) is 0 Å². The largest absolute Gasteiger partial charge is 0.0961 e. The molecular formula is C9H16. The zero-order valence-electron chi connectivity index (χ0n) is 6.65. The second kappa shape index (κ2) is 4.37. The molecule has 0 aromatic carbocycles. The second-order valence-corrected chi connectivity index (χ2v) is 2.88. The Labute approximate surface area is 58.3 Å². The van der Waals surface area contributed by atoms with Gasteiger partial charge in [-0.05, 0) is 19.3 Å². The van der Waals surface area contributed by atoms with Crippen molar-refractivity contribution in [1.82, 2.24) is 0 Å². The lowest BCUT2D eigenvalue weighted by Crippen LogP contribution is -1.80. The summed E-state index contributed by atoms with van der Waals surface area (Å²) < 4.78 is 0. The van der Waals surface area contributed by atoms with Gasteiger partial charge in [0, 0.05) is 0 Å². The minimum atomic E-state index is 0.764. The van der Waals surface area contributed by atoms with Crippen LogP contribution in [0.5, 0.6) is 0 Å². The van der Waals surface area contributed by atoms with Crippen molar-refractivity contribution in [3.05, 3.63) is 24.3 Å². The Bertz CT molecular complexity index is 107. The molecule has 0 rings (SSSR count). The average Bonchev–Trinajstić information content (AvgIpc) is 1.63. The van der Waals surface area contributed by atoms with Gasteiger partial charge in [0.2, 0.25) is 0 Å². The van der Waals surface area contributed by atoms with Crippen molar-refractivity contribution < 1.29 is 0 Å². The minimum absolute atomic E-state index is 0.764. The lowest BCUT2D eigenvalue weighted by atomic mass is 10.1. The van der Waals surface area contributed by atoms with Crippen LogP contribution in [-0.4, -0.2) is 0 Å². The van der Waals surface area contributed by atoms with Crippen LogP contribution in [0.2, 0.25) is 0 Å². The third-order valence-electron chi connectivity index (χ3n) is 1.01. The summed E-state index contributed by atoms with van der Waals surface area (Å²) in [6.45, 7) is 10.2. The molecule has 0 saturated heterocycles. The van der Waals surface area contributed by atoms with Gasteiger partial charge in [-0.2, -0.15) is 0 Å². The molecule has 0 heterocycles. The highest BCUT2D eigenvalue weighted by Gasteiger charge is 1.85. The van der Waals surface area contributed by atoms with E-state index in [1.807, 2.05) is 6.92 Å². The average molecular weight is 124 g/mol. The highest BCUT2D eigenvalue weighted by atomic mass is 13.9. The fourth-order valence-corrected chi connectivity index (χ4v) is 0.541. The maximum absolute atomic E-state index is 3.77. The van der Waals surface area contributed by atoms with Crippen LogP contribution in [0.4, 0.5) is 0 Å². The van der Waals surface area contributed by atoms with E-state index >= 15 is 0 Å². The highest BCUT2D eigenvalue weighted by molar-refractivity contribution is 5.10. The van der Waals surface area contributed by atoms with Crippen molar-refractivity contribution in [3.8, 4) is 0 Å². The minimum Gasteiger partial charge on any atom is -0.0961 e. The van der Waals surface area contributed by atoms with Crippen LogP contribution >= 0.6 is 0 Å². The molecule has 0 N–H and O–H groups in total. The molecular weight excluding hydrogens is 108 g/mol. The monoisotopic (exact) mass is 124 g/mol. The molecule has 0 saturated carbocycles. The molecule has 0 fully saturated rings. The van der Waals surface area contributed by atoms with Crippen LogP contribution in [-0.2, 0) is 0 Å². The normalized spacial score (nSPS) is 11.1. The van der Waals surface area contributed by atoms with Crippen LogP contribution in [0.3, 0.4) is 0 Å². The smallest absolute Gasteiger partial charge is 0.0324 e. The van der Waals surface area contributed by atoms with E-state index < -0.39 is 0 Å². The Kier molecular flexibility index (Phi) is 4.12. The van der Waals surface area contributed by atoms with Crippen molar-refractivity contribution >= 4 is 0 Å². The van der Waals surface area contributed by atoms with Gasteiger partial charge in [0.05, 0.1) is 0 Å². The molecule has 0 aliphatic heterocycles. The van der Waals surface area contributed by atoms with Crippen LogP contribution in [0.25, 0.3) is 0 Å². The molecule has 9 heavy (non-hydrogen) atoms. The first-order valence-corrected chi connectivity index (χ1v) is 3.45. The molecule has 0 aromatic rings. The van der Waals surface area contributed by atoms with Crippen LogP contribution in [0.15, 0.2) is 24.3 Å². The van der Waals surface area contributed by atoms with E-state index in [2.05, 4.69) is 32.6 Å². The summed E-state index contributed by atoms with van der Waals surface area (Å²) in [6, 6.07) is 0. The van der Waals surface area contributed by atoms with Crippen molar-refractivity contribution in [2.24, 2.45) is 5.92 Å². The molecule has 0 amide bonds. The van der Waals surface area contributed by atoms with Gasteiger partial charge in [-0.25, -0.2) is 0 Å². The summed E-state index contributed by atoms with van der Waals surface area (Å²) in [5, 5.41) is 0. The second-order valence-electron chi connectivity index (χ2n) is 2.88. The standard InChI is InChI=1S/C9H16/c1-8(2)6-5-7-9(3)4/h5-6,9H,1,7H2,2-4H3/b6-5+. The fourth-order valence-electron chi connectivity index (χ4n) is 0.541. The SMILES string of the molecule is C=C(C)/C=C/CC(C)C. The highest BCUT2D eigenvalue weighted by Crippen LogP contribution is 2.01. The first-order chi connectivity index (χ1) is 4.13. The molecule has 0 spiro atoms. The number of hydrogen-bond donors (Lipinski definition) is 0. The maximum Gasteiger partial charge on any atom is -0.0324 e. The zero-order valence-corrected chi connectivity index (χ0v) is 6.65. The molecule has 0 bridgehead atoms. The lowest BCUT2D eigenvalue weighted by Gasteiger charge is -1.95. The molecule has 0 radical (unpaired) electrons. The molecule has 0 heteroatoms. The van der Waals surface area contributed by atoms with Crippen molar-refractivity contribution in [2.45, 2.75) is 27.2 Å². The van der Waals surface area contributed by atoms with Gasteiger partial charge in [-0.15, -0.1) is 0 Å². The first kappa shape index (κ1) is 8.48. The van der Waals surface area contributed by atoms with Gasteiger partial charge < -0.3 is 0 Å². The van der Waals surface area contributed by atoms with Crippen molar-refractivity contribution in [2.75, 3.05) is 0 Å². The molecule has 0 nitrogen and oxygen atoms in total. The maximum atomic E-state index is 3.77. The van der Waals surface area contributed by atoms with E-state index in [4.69, 9.17) is 0 Å². The Morgan fingerprint density at radius 1 is 1.56 bits per heavy atom. The molecule has 0 aliphatic carbocycles. The summed E-state index contributed by atoms with van der Waals surface area (Å²) in [5.41, 5.74) is 1.13. The van der Waals surface area contributed by atoms with Crippen molar-refractivity contribution in [1.29, 1.82) is 0 Å². The molecule has 0 aromatic heterocycles. The van der Waals surface area contributed by atoms with Crippen LogP contribution < -0.4 is 0 Å². The third-order valence-corrected chi connectivity index (χ3v) is 1.01. The van der Waals surface area contributed by atoms with E-state index in [0.29, 0.717) is 0 Å². The van der Waals surface area contributed by atoms with Gasteiger partial charge in [-0.1, -0.05) is 38.2 Å². The lowest BCUT2D eigenvalue weighted by molar-refractivity contribution is 0.663. The van der Waals surface area contributed by atoms with E-state index in [-0.39, 0.29) is 0 Å². The Balaban J connectivity index is 3.36. The Hall–Kier alpha value is -0.520. The van der Waals surface area contributed by atoms with Gasteiger partial charge >= 0.3 is 0 Å². The van der Waals surface area contributed by atoms with Gasteiger partial charge in [0.1, 0.15) is 0 Å². The summed E-state index contributed by atoms with van der Waals surface area (Å²) in [6.07, 6.45) is 5.40. The number of rotatable bonds is 3. The predicted octanol–water partition coefficient (Wildman–Crippen LogP) is 3.16. The predicted molar refractivity (Wildman–Crippen MR) is 43.4 cm³/mol. The molecule has 0 atom stereocenters. The third kappa shape index (κ3) is 7.48. The van der Waals surface area contributed by atoms with Gasteiger partial charge in [-0.3, -0.25) is 0 Å². The topological polar surface area (TPSA) is 0 Å². The van der Waals surface area contributed by atoms with Gasteiger partial charge in [0.15, 0.2) is 0 Å². The molecule has 52 valence electrons. The fraction of sp³-hybridized carbons (Fsp3) is 0.556. The quantitative estimate of drug-likeness (QED) is 0.507. The summed E-state index contributed by atoms with van der Waals surface area (Å²) in [7, 11) is 0. The summed E-state index contributed by atoms with van der Waals surface area (Å²) in [5.74, 6) is 0.764. The first-order valence-electron chi connectivity index (χ1n) is 3.45. The van der Waals surface area contributed by atoms with Crippen molar-refractivity contribution in [3.63, 3.8) is 0 Å². The van der Waals surface area contributed by atoms with E-state index in [9.17, 15) is 0 Å². The Morgan fingerprint density at radius 2 is 2.11 bits per heavy atom. The van der Waals surface area contributed by atoms with Crippen LogP contribution in [0, 0.1) is 5.92 Å². The number of allylic oxidation sites excluding steroid dienone is 3. The molecule has 0 aliphatic rings. The van der Waals surface area contributed by atoms with Gasteiger partial charge in [0.25, 0.3) is 0 Å². The van der Waals surface area contributed by atoms with E-state index in [0.717, 1.165) is 17.9 Å². The van der Waals surface area contributed by atoms with E-state index in [1.165, 1.54) is 0 Å². The Morgan fingerprint density at radius 3 is 2.44 bits per heavy atom. The summed E-state index contributed by atoms with van der Waals surface area (Å²) >= 11 is 0. The zero-order chi connectivity index (χ0) is 7.28.